The molecule has 0 aliphatic carbocycles. The highest BCUT2D eigenvalue weighted by Crippen LogP contribution is 2.21. The lowest BCUT2D eigenvalue weighted by Gasteiger charge is -2.16. The Morgan fingerprint density at radius 3 is 1.69 bits per heavy atom. The van der Waals surface area contributed by atoms with Gasteiger partial charge in [0, 0.05) is 11.1 Å². The first kappa shape index (κ1) is 25.2. The van der Waals surface area contributed by atoms with Gasteiger partial charge in [0.2, 0.25) is 0 Å². The monoisotopic (exact) mass is 438 g/mol. The van der Waals surface area contributed by atoms with E-state index < -0.39 is 0 Å². The predicted octanol–water partition coefficient (Wildman–Crippen LogP) is 5.47. The summed E-state index contributed by atoms with van der Waals surface area (Å²) in [7, 11) is 0. The molecule has 2 rings (SSSR count). The summed E-state index contributed by atoms with van der Waals surface area (Å²) in [5, 5.41) is 14.9. The minimum absolute atomic E-state index is 0.0767. The van der Waals surface area contributed by atoms with Gasteiger partial charge in [0.15, 0.2) is 0 Å². The van der Waals surface area contributed by atoms with Crippen molar-refractivity contribution in [3.63, 3.8) is 0 Å². The Labute approximate surface area is 192 Å². The van der Waals surface area contributed by atoms with Gasteiger partial charge in [0.05, 0.1) is 13.2 Å². The van der Waals surface area contributed by atoms with Crippen molar-refractivity contribution in [1.29, 1.82) is 10.8 Å². The van der Waals surface area contributed by atoms with Crippen LogP contribution in [0.15, 0.2) is 48.5 Å². The molecule has 0 saturated heterocycles. The molecule has 2 aromatic carbocycles. The summed E-state index contributed by atoms with van der Waals surface area (Å²) in [6.07, 6.45) is 9.44. The lowest BCUT2D eigenvalue weighted by atomic mass is 9.93. The molecular weight excluding hydrogens is 400 g/mol. The van der Waals surface area contributed by atoms with Crippen molar-refractivity contribution in [2.24, 2.45) is 17.4 Å². The third kappa shape index (κ3) is 9.41. The Balaban J connectivity index is 1.57. The molecule has 0 amide bonds. The topological polar surface area (TPSA) is 118 Å². The molecule has 0 radical (unpaired) electrons. The summed E-state index contributed by atoms with van der Waals surface area (Å²) < 4.78 is 11.7. The van der Waals surface area contributed by atoms with Gasteiger partial charge >= 0.3 is 0 Å². The highest BCUT2D eigenvalue weighted by atomic mass is 16.5. The molecule has 0 aliphatic heterocycles. The van der Waals surface area contributed by atoms with E-state index in [2.05, 4.69) is 6.92 Å². The maximum atomic E-state index is 7.44. The van der Waals surface area contributed by atoms with Crippen molar-refractivity contribution < 1.29 is 9.47 Å². The first-order chi connectivity index (χ1) is 15.5. The molecule has 0 heterocycles. The van der Waals surface area contributed by atoms with Crippen molar-refractivity contribution in [3.8, 4) is 11.5 Å². The second kappa shape index (κ2) is 14.1. The largest absolute Gasteiger partial charge is 0.494 e. The highest BCUT2D eigenvalue weighted by molar-refractivity contribution is 5.95. The fraction of sp³-hybridized carbons (Fsp3) is 0.462. The zero-order chi connectivity index (χ0) is 23.2. The zero-order valence-electron chi connectivity index (χ0n) is 19.2. The number of hydrogen-bond acceptors (Lipinski definition) is 4. The minimum Gasteiger partial charge on any atom is -0.494 e. The second-order valence-corrected chi connectivity index (χ2v) is 8.22. The summed E-state index contributed by atoms with van der Waals surface area (Å²) in [6, 6.07) is 14.8. The summed E-state index contributed by atoms with van der Waals surface area (Å²) >= 11 is 0. The van der Waals surface area contributed by atoms with E-state index >= 15 is 0 Å². The maximum Gasteiger partial charge on any atom is 0.122 e. The molecule has 0 spiro atoms. The van der Waals surface area contributed by atoms with E-state index in [1.165, 1.54) is 38.5 Å². The van der Waals surface area contributed by atoms with Crippen LogP contribution in [0.4, 0.5) is 0 Å². The smallest absolute Gasteiger partial charge is 0.122 e. The fourth-order valence-electron chi connectivity index (χ4n) is 3.72. The quantitative estimate of drug-likeness (QED) is 0.158. The molecular formula is C26H38N4O2. The molecule has 0 aliphatic rings. The van der Waals surface area contributed by atoms with Gasteiger partial charge in [-0.25, -0.2) is 0 Å². The number of amidine groups is 2. The van der Waals surface area contributed by atoms with Gasteiger partial charge in [-0.3, -0.25) is 10.8 Å². The van der Waals surface area contributed by atoms with E-state index in [0.29, 0.717) is 12.5 Å². The number of benzene rings is 2. The van der Waals surface area contributed by atoms with Crippen molar-refractivity contribution >= 4 is 11.7 Å². The number of unbranched alkanes of at least 4 members (excludes halogenated alkanes) is 3. The number of hydrogen-bond donors (Lipinski definition) is 4. The van der Waals surface area contributed by atoms with Crippen molar-refractivity contribution in [2.45, 2.75) is 58.3 Å². The van der Waals surface area contributed by atoms with E-state index in [4.69, 9.17) is 31.8 Å². The summed E-state index contributed by atoms with van der Waals surface area (Å²) in [6.45, 7) is 3.68. The van der Waals surface area contributed by atoms with Crippen LogP contribution in [0.1, 0.15) is 69.4 Å². The molecule has 0 fully saturated rings. The predicted molar refractivity (Wildman–Crippen MR) is 132 cm³/mol. The molecule has 6 nitrogen and oxygen atoms in total. The van der Waals surface area contributed by atoms with E-state index in [1.54, 1.807) is 0 Å². The molecule has 0 bridgehead atoms. The number of ether oxygens (including phenoxy) is 2. The summed E-state index contributed by atoms with van der Waals surface area (Å²) in [5.41, 5.74) is 12.4. The molecule has 1 atom stereocenters. The second-order valence-electron chi connectivity index (χ2n) is 8.22. The first-order valence-electron chi connectivity index (χ1n) is 11.6. The fourth-order valence-corrected chi connectivity index (χ4v) is 3.72. The van der Waals surface area contributed by atoms with Crippen LogP contribution in [0.5, 0.6) is 11.5 Å². The first-order valence-corrected chi connectivity index (χ1v) is 11.6. The van der Waals surface area contributed by atoms with Crippen LogP contribution in [-0.2, 0) is 0 Å². The van der Waals surface area contributed by atoms with Crippen molar-refractivity contribution in [2.75, 3.05) is 13.2 Å². The third-order valence-corrected chi connectivity index (χ3v) is 5.60. The summed E-state index contributed by atoms with van der Waals surface area (Å²) in [5.74, 6) is 2.52. The van der Waals surface area contributed by atoms with Crippen LogP contribution >= 0.6 is 0 Å². The molecule has 174 valence electrons. The van der Waals surface area contributed by atoms with Gasteiger partial charge in [-0.15, -0.1) is 0 Å². The van der Waals surface area contributed by atoms with Gasteiger partial charge in [-0.2, -0.15) is 0 Å². The SMILES string of the molecule is CCCC(CCCCCCOc1ccc(C(=N)N)cc1)CCOc1ccc(C(=N)N)cc1. The summed E-state index contributed by atoms with van der Waals surface area (Å²) in [4.78, 5) is 0. The molecule has 2 aromatic rings. The van der Waals surface area contributed by atoms with Crippen LogP contribution < -0.4 is 20.9 Å². The number of rotatable bonds is 16. The number of nitrogen functional groups attached to an aromatic ring is 2. The van der Waals surface area contributed by atoms with Crippen LogP contribution in [-0.4, -0.2) is 24.9 Å². The van der Waals surface area contributed by atoms with Gasteiger partial charge in [0.1, 0.15) is 23.2 Å². The van der Waals surface area contributed by atoms with E-state index in [1.807, 2.05) is 48.5 Å². The van der Waals surface area contributed by atoms with E-state index in [9.17, 15) is 0 Å². The van der Waals surface area contributed by atoms with Gasteiger partial charge < -0.3 is 20.9 Å². The molecule has 1 unspecified atom stereocenters. The average molecular weight is 439 g/mol. The molecule has 32 heavy (non-hydrogen) atoms. The van der Waals surface area contributed by atoms with E-state index in [-0.39, 0.29) is 11.7 Å². The number of nitrogens with one attached hydrogen (secondary N) is 2. The molecule has 0 saturated carbocycles. The van der Waals surface area contributed by atoms with Crippen LogP contribution in [0.25, 0.3) is 0 Å². The Morgan fingerprint density at radius 1 is 0.688 bits per heavy atom. The minimum atomic E-state index is 0.0767. The van der Waals surface area contributed by atoms with Crippen LogP contribution in [0.3, 0.4) is 0 Å². The van der Waals surface area contributed by atoms with Crippen molar-refractivity contribution in [1.82, 2.24) is 0 Å². The Morgan fingerprint density at radius 2 is 1.19 bits per heavy atom. The molecule has 0 aromatic heterocycles. The third-order valence-electron chi connectivity index (χ3n) is 5.60. The maximum absolute atomic E-state index is 7.44. The number of nitrogens with two attached hydrogens (primary N) is 2. The van der Waals surface area contributed by atoms with Crippen molar-refractivity contribution in [3.05, 3.63) is 59.7 Å². The van der Waals surface area contributed by atoms with E-state index in [0.717, 1.165) is 42.1 Å². The lowest BCUT2D eigenvalue weighted by molar-refractivity contribution is 0.260. The van der Waals surface area contributed by atoms with Gasteiger partial charge in [-0.05, 0) is 67.3 Å². The molecule has 6 N–H and O–H groups in total. The Hall–Kier alpha value is -3.02. The van der Waals surface area contributed by atoms with Crippen LogP contribution in [0.2, 0.25) is 0 Å². The lowest BCUT2D eigenvalue weighted by Crippen LogP contribution is -2.11. The average Bonchev–Trinajstić information content (AvgIpc) is 2.79. The van der Waals surface area contributed by atoms with Gasteiger partial charge in [0.25, 0.3) is 0 Å². The Kier molecular flexibility index (Phi) is 11.1. The van der Waals surface area contributed by atoms with Gasteiger partial charge in [-0.1, -0.05) is 45.4 Å². The van der Waals surface area contributed by atoms with Crippen LogP contribution in [0, 0.1) is 16.7 Å². The standard InChI is InChI=1S/C26H38N4O2/c1-2-7-20(17-19-32-24-15-11-22(12-16-24)26(29)30)8-5-3-4-6-18-31-23-13-9-21(10-14-23)25(27)28/h9-16,20H,2-8,17-19H2,1H3,(H3,27,28)(H3,29,30). The molecule has 6 heteroatoms. The Bertz CT molecular complexity index is 819. The highest BCUT2D eigenvalue weighted by Gasteiger charge is 2.08. The zero-order valence-corrected chi connectivity index (χ0v) is 19.2. The normalized spacial score (nSPS) is 11.7.